The lowest BCUT2D eigenvalue weighted by atomic mass is 10.1. The molecule has 2 aromatic heterocycles. The quantitative estimate of drug-likeness (QED) is 0.675. The number of hydrogen-bond acceptors (Lipinski definition) is 5. The third-order valence-electron chi connectivity index (χ3n) is 3.23. The summed E-state index contributed by atoms with van der Waals surface area (Å²) in [5, 5.41) is 11.0. The van der Waals surface area contributed by atoms with E-state index in [1.165, 1.54) is 0 Å². The number of hydrogen-bond donors (Lipinski definition) is 2. The zero-order valence-corrected chi connectivity index (χ0v) is 12.2. The van der Waals surface area contributed by atoms with Gasteiger partial charge in [-0.05, 0) is 25.0 Å². The molecule has 0 aliphatic heterocycles. The molecule has 0 radical (unpaired) electrons. The largest absolute Gasteiger partial charge is 0.385 e. The third-order valence-corrected chi connectivity index (χ3v) is 3.23. The Balaban J connectivity index is 1.77. The van der Waals surface area contributed by atoms with Gasteiger partial charge in [-0.2, -0.15) is 0 Å². The van der Waals surface area contributed by atoms with Crippen molar-refractivity contribution >= 4 is 11.6 Å². The molecule has 114 valence electrons. The zero-order valence-electron chi connectivity index (χ0n) is 12.2. The fourth-order valence-electron chi connectivity index (χ4n) is 2.07. The molecule has 0 saturated carbocycles. The number of pyridine rings is 1. The van der Waals surface area contributed by atoms with Gasteiger partial charge in [-0.1, -0.05) is 6.07 Å². The normalized spacial score (nSPS) is 12.5. The van der Waals surface area contributed by atoms with Gasteiger partial charge in [-0.15, -0.1) is 10.2 Å². The second-order valence-corrected chi connectivity index (χ2v) is 4.83. The Labute approximate surface area is 123 Å². The average molecular weight is 291 g/mol. The summed E-state index contributed by atoms with van der Waals surface area (Å²) in [6.07, 6.45) is 3.91. The summed E-state index contributed by atoms with van der Waals surface area (Å²) in [6, 6.07) is 5.23. The van der Waals surface area contributed by atoms with E-state index in [-0.39, 0.29) is 5.91 Å². The Morgan fingerprint density at radius 2 is 2.33 bits per heavy atom. The van der Waals surface area contributed by atoms with Gasteiger partial charge in [-0.25, -0.2) is 0 Å². The lowest BCUT2D eigenvalue weighted by Gasteiger charge is -2.11. The number of amides is 1. The first-order valence-corrected chi connectivity index (χ1v) is 7.03. The minimum Gasteiger partial charge on any atom is -0.385 e. The summed E-state index contributed by atoms with van der Waals surface area (Å²) in [4.78, 5) is 11.8. The third kappa shape index (κ3) is 4.24. The summed E-state index contributed by atoms with van der Waals surface area (Å²) in [6.45, 7) is 1.11. The Kier molecular flexibility index (Phi) is 5.65. The summed E-state index contributed by atoms with van der Waals surface area (Å²) >= 11 is 0. The minimum atomic E-state index is -0.490. The van der Waals surface area contributed by atoms with Crippen LogP contribution in [0.1, 0.15) is 18.7 Å². The fraction of sp³-hybridized carbons (Fsp3) is 0.500. The van der Waals surface area contributed by atoms with Crippen molar-refractivity contribution in [2.45, 2.75) is 25.3 Å². The fourth-order valence-corrected chi connectivity index (χ4v) is 2.07. The van der Waals surface area contributed by atoms with Crippen LogP contribution in [0, 0.1) is 0 Å². The van der Waals surface area contributed by atoms with E-state index in [9.17, 15) is 4.79 Å². The van der Waals surface area contributed by atoms with Crippen LogP contribution in [0.4, 0.5) is 0 Å². The van der Waals surface area contributed by atoms with E-state index in [0.29, 0.717) is 26.0 Å². The minimum absolute atomic E-state index is 0.139. The van der Waals surface area contributed by atoms with Gasteiger partial charge < -0.3 is 15.8 Å². The predicted octanol–water partition coefficient (Wildman–Crippen LogP) is 0.142. The molecule has 0 spiro atoms. The number of nitrogens with zero attached hydrogens (tertiary/aromatic N) is 3. The average Bonchev–Trinajstić information content (AvgIpc) is 2.91. The first kappa shape index (κ1) is 15.4. The Bertz CT molecular complexity index is 584. The van der Waals surface area contributed by atoms with Gasteiger partial charge in [0.05, 0.1) is 6.04 Å². The number of rotatable bonds is 8. The van der Waals surface area contributed by atoms with Gasteiger partial charge in [0, 0.05) is 32.9 Å². The number of ether oxygens (including phenoxy) is 1. The molecule has 0 aliphatic rings. The van der Waals surface area contributed by atoms with Gasteiger partial charge in [0.25, 0.3) is 0 Å². The number of methoxy groups -OCH3 is 1. The molecule has 2 heterocycles. The Hall–Kier alpha value is -1.99. The lowest BCUT2D eigenvalue weighted by Crippen LogP contribution is -2.41. The smallest absolute Gasteiger partial charge is 0.236 e. The van der Waals surface area contributed by atoms with Crippen LogP contribution in [-0.4, -0.2) is 46.8 Å². The number of nitrogens with one attached hydrogen (secondary N) is 1. The molecule has 0 saturated heterocycles. The second kappa shape index (κ2) is 7.70. The maximum atomic E-state index is 11.8. The van der Waals surface area contributed by atoms with Gasteiger partial charge >= 0.3 is 0 Å². The van der Waals surface area contributed by atoms with Crippen LogP contribution in [0.3, 0.4) is 0 Å². The molecule has 21 heavy (non-hydrogen) atoms. The van der Waals surface area contributed by atoms with Crippen molar-refractivity contribution < 1.29 is 9.53 Å². The summed E-state index contributed by atoms with van der Waals surface area (Å²) < 4.78 is 6.85. The highest BCUT2D eigenvalue weighted by Crippen LogP contribution is 2.03. The van der Waals surface area contributed by atoms with Crippen molar-refractivity contribution in [3.63, 3.8) is 0 Å². The van der Waals surface area contributed by atoms with Crippen molar-refractivity contribution in [1.29, 1.82) is 0 Å². The number of aromatic nitrogens is 3. The van der Waals surface area contributed by atoms with Gasteiger partial charge in [-0.3, -0.25) is 9.20 Å². The molecular weight excluding hydrogens is 270 g/mol. The molecule has 1 amide bonds. The zero-order chi connectivity index (χ0) is 15.1. The molecule has 0 aliphatic carbocycles. The maximum Gasteiger partial charge on any atom is 0.236 e. The van der Waals surface area contributed by atoms with E-state index in [0.717, 1.165) is 17.9 Å². The van der Waals surface area contributed by atoms with Crippen molar-refractivity contribution in [2.75, 3.05) is 20.3 Å². The van der Waals surface area contributed by atoms with Crippen molar-refractivity contribution in [2.24, 2.45) is 5.73 Å². The van der Waals surface area contributed by atoms with Crippen LogP contribution in [0.15, 0.2) is 24.4 Å². The van der Waals surface area contributed by atoms with Gasteiger partial charge in [0.15, 0.2) is 5.65 Å². The highest BCUT2D eigenvalue weighted by atomic mass is 16.5. The van der Waals surface area contributed by atoms with Crippen LogP contribution in [-0.2, 0) is 16.0 Å². The predicted molar refractivity (Wildman–Crippen MR) is 78.8 cm³/mol. The molecular formula is C14H21N5O2. The molecule has 0 bridgehead atoms. The second-order valence-electron chi connectivity index (χ2n) is 4.83. The Morgan fingerprint density at radius 1 is 1.48 bits per heavy atom. The van der Waals surface area contributed by atoms with E-state index in [1.807, 2.05) is 28.8 Å². The number of carbonyl (C=O) groups is 1. The molecule has 7 nitrogen and oxygen atoms in total. The van der Waals surface area contributed by atoms with Crippen LogP contribution in [0.2, 0.25) is 0 Å². The Morgan fingerprint density at radius 3 is 3.14 bits per heavy atom. The molecule has 2 aromatic rings. The molecule has 7 heteroatoms. The summed E-state index contributed by atoms with van der Waals surface area (Å²) in [5.41, 5.74) is 6.61. The molecule has 1 atom stereocenters. The number of nitrogens with two attached hydrogens (primary N) is 1. The van der Waals surface area contributed by atoms with Crippen molar-refractivity contribution in [3.8, 4) is 0 Å². The highest BCUT2D eigenvalue weighted by Gasteiger charge is 2.12. The van der Waals surface area contributed by atoms with E-state index < -0.39 is 6.04 Å². The molecule has 2 rings (SSSR count). The van der Waals surface area contributed by atoms with E-state index in [2.05, 4.69) is 15.5 Å². The first-order chi connectivity index (χ1) is 10.2. The lowest BCUT2D eigenvalue weighted by molar-refractivity contribution is -0.122. The summed E-state index contributed by atoms with van der Waals surface area (Å²) in [7, 11) is 1.63. The molecule has 1 unspecified atom stereocenters. The van der Waals surface area contributed by atoms with E-state index >= 15 is 0 Å². The highest BCUT2D eigenvalue weighted by molar-refractivity contribution is 5.81. The van der Waals surface area contributed by atoms with E-state index in [1.54, 1.807) is 7.11 Å². The van der Waals surface area contributed by atoms with Gasteiger partial charge in [0.2, 0.25) is 5.91 Å². The SMILES string of the molecule is COCCCC(N)C(=O)NCCc1nnc2ccccn12. The van der Waals surface area contributed by atoms with Gasteiger partial charge in [0.1, 0.15) is 5.82 Å². The van der Waals surface area contributed by atoms with Crippen LogP contribution in [0.25, 0.3) is 5.65 Å². The van der Waals surface area contributed by atoms with Crippen molar-refractivity contribution in [3.05, 3.63) is 30.2 Å². The van der Waals surface area contributed by atoms with Crippen LogP contribution in [0.5, 0.6) is 0 Å². The summed E-state index contributed by atoms with van der Waals surface area (Å²) in [5.74, 6) is 0.679. The standard InChI is InChI=1S/C14H21N5O2/c1-21-10-4-5-11(15)14(20)16-8-7-13-18-17-12-6-2-3-9-19(12)13/h2-3,6,9,11H,4-5,7-8,10,15H2,1H3,(H,16,20). The van der Waals surface area contributed by atoms with Crippen LogP contribution >= 0.6 is 0 Å². The van der Waals surface area contributed by atoms with E-state index in [4.69, 9.17) is 10.5 Å². The number of fused-ring (bicyclic) bond motifs is 1. The first-order valence-electron chi connectivity index (χ1n) is 7.03. The van der Waals surface area contributed by atoms with Crippen molar-refractivity contribution in [1.82, 2.24) is 19.9 Å². The molecule has 0 fully saturated rings. The molecule has 0 aromatic carbocycles. The molecule has 3 N–H and O–H groups in total. The number of carbonyl (C=O) groups excluding carboxylic acids is 1. The van der Waals surface area contributed by atoms with Crippen LogP contribution < -0.4 is 11.1 Å². The maximum absolute atomic E-state index is 11.8. The topological polar surface area (TPSA) is 94.5 Å². The monoisotopic (exact) mass is 291 g/mol.